The summed E-state index contributed by atoms with van der Waals surface area (Å²) in [7, 11) is 1.64. The number of H-pyrrole nitrogens is 1. The number of nitrogens with zero attached hydrogens (tertiary/aromatic N) is 5. The molecule has 2 N–H and O–H groups in total. The third-order valence-corrected chi connectivity index (χ3v) is 7.24. The van der Waals surface area contributed by atoms with Gasteiger partial charge in [-0.1, -0.05) is 0 Å². The Balaban J connectivity index is 1.35. The number of methoxy groups -OCH3 is 1. The molecule has 1 amide bonds. The quantitative estimate of drug-likeness (QED) is 0.560. The number of likely N-dealkylation sites (tertiary alicyclic amines) is 1. The van der Waals surface area contributed by atoms with E-state index in [1.54, 1.807) is 7.11 Å². The molecule has 4 heterocycles. The number of aromatic amines is 1. The Labute approximate surface area is 198 Å². The van der Waals surface area contributed by atoms with Crippen LogP contribution in [0.5, 0.6) is 5.75 Å². The molecular formula is C25H29N7O2. The van der Waals surface area contributed by atoms with Crippen molar-refractivity contribution < 1.29 is 9.53 Å². The summed E-state index contributed by atoms with van der Waals surface area (Å²) in [6.07, 6.45) is 8.91. The molecule has 1 spiro atoms. The second kappa shape index (κ2) is 8.39. The summed E-state index contributed by atoms with van der Waals surface area (Å²) in [5.74, 6) is 2.22. The lowest BCUT2D eigenvalue weighted by Crippen LogP contribution is -2.53. The minimum absolute atomic E-state index is 0.103. The molecule has 1 atom stereocenters. The molecule has 1 saturated carbocycles. The maximum absolute atomic E-state index is 14.2. The zero-order chi connectivity index (χ0) is 23.1. The first-order valence-electron chi connectivity index (χ1n) is 11.9. The maximum atomic E-state index is 14.2. The lowest BCUT2D eigenvalue weighted by Gasteiger charge is -2.40. The third-order valence-electron chi connectivity index (χ3n) is 7.24. The van der Waals surface area contributed by atoms with Crippen molar-refractivity contribution in [2.45, 2.75) is 37.8 Å². The second-order valence-electron chi connectivity index (χ2n) is 9.63. The van der Waals surface area contributed by atoms with Gasteiger partial charge in [0, 0.05) is 55.4 Å². The number of carbonyl (C=O) groups excluding carboxylic acids is 1. The fraction of sp³-hybridized carbons (Fsp3) is 0.440. The number of ether oxygens (including phenoxy) is 1. The van der Waals surface area contributed by atoms with E-state index in [0.29, 0.717) is 19.0 Å². The van der Waals surface area contributed by atoms with E-state index in [1.165, 1.54) is 12.8 Å². The first-order valence-corrected chi connectivity index (χ1v) is 11.9. The molecule has 9 nitrogen and oxygen atoms in total. The van der Waals surface area contributed by atoms with Crippen LogP contribution in [0.2, 0.25) is 0 Å². The van der Waals surface area contributed by atoms with Crippen molar-refractivity contribution in [3.8, 4) is 5.75 Å². The lowest BCUT2D eigenvalue weighted by molar-refractivity contribution is -0.124. The highest BCUT2D eigenvalue weighted by molar-refractivity contribution is 6.03. The summed E-state index contributed by atoms with van der Waals surface area (Å²) < 4.78 is 5.31. The minimum Gasteiger partial charge on any atom is -0.497 e. The zero-order valence-corrected chi connectivity index (χ0v) is 19.3. The molecule has 1 unspecified atom stereocenters. The molecule has 34 heavy (non-hydrogen) atoms. The third kappa shape index (κ3) is 3.79. The van der Waals surface area contributed by atoms with Crippen LogP contribution in [0.4, 0.5) is 11.6 Å². The van der Waals surface area contributed by atoms with E-state index < -0.39 is 5.41 Å². The second-order valence-corrected chi connectivity index (χ2v) is 9.63. The number of hydrogen-bond donors (Lipinski definition) is 2. The summed E-state index contributed by atoms with van der Waals surface area (Å²) in [5.41, 5.74) is 3.17. The largest absolute Gasteiger partial charge is 0.497 e. The molecule has 6 rings (SSSR count). The van der Waals surface area contributed by atoms with Crippen molar-refractivity contribution in [3.63, 3.8) is 0 Å². The molecule has 2 aliphatic heterocycles. The van der Waals surface area contributed by atoms with Gasteiger partial charge in [0.1, 0.15) is 11.2 Å². The van der Waals surface area contributed by atoms with Crippen LogP contribution in [-0.2, 0) is 23.3 Å². The van der Waals surface area contributed by atoms with Crippen molar-refractivity contribution >= 4 is 17.5 Å². The van der Waals surface area contributed by atoms with Crippen LogP contribution >= 0.6 is 0 Å². The number of amides is 1. The van der Waals surface area contributed by atoms with Gasteiger partial charge in [-0.15, -0.1) is 0 Å². The molecule has 3 aliphatic rings. The summed E-state index contributed by atoms with van der Waals surface area (Å²) in [6, 6.07) is 7.68. The smallest absolute Gasteiger partial charge is 0.240 e. The van der Waals surface area contributed by atoms with Gasteiger partial charge in [-0.05, 0) is 49.4 Å². The lowest BCUT2D eigenvalue weighted by atomic mass is 9.77. The van der Waals surface area contributed by atoms with Gasteiger partial charge in [-0.2, -0.15) is 5.10 Å². The number of fused-ring (bicyclic) bond motifs is 2. The number of carbonyl (C=O) groups is 1. The van der Waals surface area contributed by atoms with E-state index in [4.69, 9.17) is 9.72 Å². The normalized spacial score (nSPS) is 22.3. The predicted octanol–water partition coefficient (Wildman–Crippen LogP) is 2.72. The van der Waals surface area contributed by atoms with E-state index in [0.717, 1.165) is 60.2 Å². The average Bonchev–Trinajstić information content (AvgIpc) is 3.38. The molecule has 2 aromatic heterocycles. The first kappa shape index (κ1) is 21.1. The van der Waals surface area contributed by atoms with Gasteiger partial charge < -0.3 is 15.0 Å². The molecule has 1 saturated heterocycles. The molecular weight excluding hydrogens is 430 g/mol. The van der Waals surface area contributed by atoms with Gasteiger partial charge >= 0.3 is 0 Å². The highest BCUT2D eigenvalue weighted by Crippen LogP contribution is 2.43. The van der Waals surface area contributed by atoms with Crippen LogP contribution < -0.4 is 15.0 Å². The van der Waals surface area contributed by atoms with Gasteiger partial charge in [0.15, 0.2) is 0 Å². The number of hydrogen-bond acceptors (Lipinski definition) is 7. The Hall–Kier alpha value is -3.46. The molecule has 0 bridgehead atoms. The molecule has 0 radical (unpaired) electrons. The number of anilines is 2. The topological polar surface area (TPSA) is 99.3 Å². The van der Waals surface area contributed by atoms with Crippen LogP contribution in [0.15, 0.2) is 42.9 Å². The fourth-order valence-corrected chi connectivity index (χ4v) is 5.17. The highest BCUT2D eigenvalue weighted by Gasteiger charge is 2.53. The summed E-state index contributed by atoms with van der Waals surface area (Å²) in [5, 5.41) is 10.3. The predicted molar refractivity (Wildman–Crippen MR) is 128 cm³/mol. The Kier molecular flexibility index (Phi) is 5.21. The maximum Gasteiger partial charge on any atom is 0.240 e. The van der Waals surface area contributed by atoms with Gasteiger partial charge in [0.05, 0.1) is 25.5 Å². The standard InChI is InChI=1S/C25H29N7O2/c1-34-21-6-4-20(5-7-21)32-15-19-13-27-24(26-10-17-2-3-17)30-22(19)25(23(32)33)8-9-31(16-25)14-18-11-28-29-12-18/h4-7,11-13,17H,2-3,8-10,14-16H2,1H3,(H,28,29)(H,26,27,30). The number of benzene rings is 1. The van der Waals surface area contributed by atoms with Gasteiger partial charge in [-0.3, -0.25) is 14.8 Å². The molecule has 1 aliphatic carbocycles. The van der Waals surface area contributed by atoms with Gasteiger partial charge in [0.25, 0.3) is 0 Å². The Morgan fingerprint density at radius 1 is 1.24 bits per heavy atom. The van der Waals surface area contributed by atoms with Crippen LogP contribution in [0.25, 0.3) is 0 Å². The van der Waals surface area contributed by atoms with Crippen molar-refractivity contribution in [2.75, 3.05) is 37.0 Å². The first-order chi connectivity index (χ1) is 16.6. The molecule has 9 heteroatoms. The Morgan fingerprint density at radius 3 is 2.82 bits per heavy atom. The number of rotatable bonds is 7. The van der Waals surface area contributed by atoms with Crippen LogP contribution in [0, 0.1) is 5.92 Å². The summed E-state index contributed by atoms with van der Waals surface area (Å²) in [6.45, 7) is 3.55. The monoisotopic (exact) mass is 459 g/mol. The van der Waals surface area contributed by atoms with E-state index in [1.807, 2.05) is 47.8 Å². The summed E-state index contributed by atoms with van der Waals surface area (Å²) in [4.78, 5) is 27.9. The van der Waals surface area contributed by atoms with Crippen LogP contribution in [0.3, 0.4) is 0 Å². The Bertz CT molecular complexity index is 1180. The van der Waals surface area contributed by atoms with Gasteiger partial charge in [-0.25, -0.2) is 9.97 Å². The Morgan fingerprint density at radius 2 is 2.09 bits per heavy atom. The van der Waals surface area contributed by atoms with Crippen molar-refractivity contribution in [3.05, 3.63) is 59.7 Å². The van der Waals surface area contributed by atoms with Crippen molar-refractivity contribution in [1.82, 2.24) is 25.1 Å². The number of nitrogens with one attached hydrogen (secondary N) is 2. The highest BCUT2D eigenvalue weighted by atomic mass is 16.5. The number of aromatic nitrogens is 4. The summed E-state index contributed by atoms with van der Waals surface area (Å²) >= 11 is 0. The average molecular weight is 460 g/mol. The van der Waals surface area contributed by atoms with Crippen molar-refractivity contribution in [2.24, 2.45) is 5.92 Å². The van der Waals surface area contributed by atoms with E-state index in [2.05, 4.69) is 25.4 Å². The van der Waals surface area contributed by atoms with Crippen molar-refractivity contribution in [1.29, 1.82) is 0 Å². The molecule has 2 fully saturated rings. The SMILES string of the molecule is COc1ccc(N2Cc3cnc(NCC4CC4)nc3C3(CCN(Cc4cn[nH]c4)C3)C2=O)cc1. The minimum atomic E-state index is -0.698. The van der Waals surface area contributed by atoms with E-state index in [9.17, 15) is 4.79 Å². The van der Waals surface area contributed by atoms with E-state index >= 15 is 0 Å². The van der Waals surface area contributed by atoms with Crippen LogP contribution in [0.1, 0.15) is 36.1 Å². The zero-order valence-electron chi connectivity index (χ0n) is 19.3. The van der Waals surface area contributed by atoms with Crippen LogP contribution in [-0.4, -0.2) is 57.7 Å². The van der Waals surface area contributed by atoms with Gasteiger partial charge in [0.2, 0.25) is 11.9 Å². The fourth-order valence-electron chi connectivity index (χ4n) is 5.17. The molecule has 1 aromatic carbocycles. The van der Waals surface area contributed by atoms with E-state index in [-0.39, 0.29) is 5.91 Å². The molecule has 176 valence electrons. The molecule has 3 aromatic rings.